The Balaban J connectivity index is 0.00000162. The van der Waals surface area contributed by atoms with Crippen LogP contribution < -0.4 is 10.1 Å². The standard InChI is InChI=1S/C13H17N3O.ClH/c14-10-11-4-3-8-16-13(11)17-9-6-12-5-1-2-7-15-12;/h3-4,8,12,15H,1-2,5-7,9H2;1H. The molecule has 2 heterocycles. The van der Waals surface area contributed by atoms with Gasteiger partial charge in [-0.15, -0.1) is 12.4 Å². The number of ether oxygens (including phenoxy) is 1. The minimum absolute atomic E-state index is 0. The molecule has 0 radical (unpaired) electrons. The Bertz CT molecular complexity index is 399. The number of rotatable bonds is 4. The summed E-state index contributed by atoms with van der Waals surface area (Å²) in [6.07, 6.45) is 6.41. The Kier molecular flexibility index (Phi) is 6.48. The van der Waals surface area contributed by atoms with Crippen molar-refractivity contribution in [2.45, 2.75) is 31.7 Å². The van der Waals surface area contributed by atoms with Crippen LogP contribution in [0.3, 0.4) is 0 Å². The van der Waals surface area contributed by atoms with Gasteiger partial charge < -0.3 is 10.1 Å². The Morgan fingerprint density at radius 2 is 2.39 bits per heavy atom. The number of pyridine rings is 1. The van der Waals surface area contributed by atoms with Gasteiger partial charge in [0, 0.05) is 12.2 Å². The summed E-state index contributed by atoms with van der Waals surface area (Å²) in [4.78, 5) is 4.07. The maximum atomic E-state index is 8.88. The molecule has 0 aliphatic carbocycles. The Hall–Kier alpha value is -1.31. The van der Waals surface area contributed by atoms with E-state index in [0.717, 1.165) is 13.0 Å². The second-order valence-electron chi connectivity index (χ2n) is 4.25. The molecule has 1 fully saturated rings. The van der Waals surface area contributed by atoms with Crippen LogP contribution in [0.15, 0.2) is 18.3 Å². The summed E-state index contributed by atoms with van der Waals surface area (Å²) in [5, 5.41) is 12.4. The van der Waals surface area contributed by atoms with Gasteiger partial charge in [-0.1, -0.05) is 6.42 Å². The van der Waals surface area contributed by atoms with Gasteiger partial charge in [-0.2, -0.15) is 5.26 Å². The maximum absolute atomic E-state index is 8.88. The first-order valence-corrected chi connectivity index (χ1v) is 6.11. The molecule has 0 bridgehead atoms. The zero-order chi connectivity index (χ0) is 11.9. The molecule has 98 valence electrons. The average molecular weight is 268 g/mol. The van der Waals surface area contributed by atoms with Crippen LogP contribution in [0.1, 0.15) is 31.2 Å². The van der Waals surface area contributed by atoms with E-state index < -0.39 is 0 Å². The summed E-state index contributed by atoms with van der Waals surface area (Å²) in [7, 11) is 0. The van der Waals surface area contributed by atoms with E-state index in [1.165, 1.54) is 19.3 Å². The van der Waals surface area contributed by atoms with Crippen molar-refractivity contribution >= 4 is 12.4 Å². The van der Waals surface area contributed by atoms with E-state index in [0.29, 0.717) is 24.1 Å². The molecule has 1 atom stereocenters. The molecular weight excluding hydrogens is 250 g/mol. The molecule has 4 nitrogen and oxygen atoms in total. The zero-order valence-corrected chi connectivity index (χ0v) is 11.1. The lowest BCUT2D eigenvalue weighted by molar-refractivity contribution is 0.260. The minimum Gasteiger partial charge on any atom is -0.477 e. The summed E-state index contributed by atoms with van der Waals surface area (Å²) >= 11 is 0. The predicted octanol–water partition coefficient (Wildman–Crippen LogP) is 2.29. The fourth-order valence-electron chi connectivity index (χ4n) is 2.06. The molecule has 18 heavy (non-hydrogen) atoms. The minimum atomic E-state index is 0. The molecule has 1 aromatic heterocycles. The smallest absolute Gasteiger partial charge is 0.231 e. The SMILES string of the molecule is Cl.N#Cc1cccnc1OCCC1CCCCN1. The molecule has 0 amide bonds. The molecule has 2 rings (SSSR count). The second-order valence-corrected chi connectivity index (χ2v) is 4.25. The number of nitriles is 1. The van der Waals surface area contributed by atoms with Crippen LogP contribution in [0.25, 0.3) is 0 Å². The van der Waals surface area contributed by atoms with E-state index in [-0.39, 0.29) is 12.4 Å². The molecule has 0 aromatic carbocycles. The van der Waals surface area contributed by atoms with E-state index >= 15 is 0 Å². The number of halogens is 1. The monoisotopic (exact) mass is 267 g/mol. The third-order valence-electron chi connectivity index (χ3n) is 3.01. The number of aromatic nitrogens is 1. The lowest BCUT2D eigenvalue weighted by atomic mass is 10.0. The molecule has 0 spiro atoms. The molecule has 1 aliphatic heterocycles. The Labute approximate surface area is 114 Å². The van der Waals surface area contributed by atoms with E-state index in [1.807, 2.05) is 0 Å². The molecule has 1 unspecified atom stereocenters. The lowest BCUT2D eigenvalue weighted by Gasteiger charge is -2.23. The van der Waals surface area contributed by atoms with Gasteiger partial charge >= 0.3 is 0 Å². The van der Waals surface area contributed by atoms with Crippen molar-refractivity contribution in [2.24, 2.45) is 0 Å². The van der Waals surface area contributed by atoms with Crippen LogP contribution in [0, 0.1) is 11.3 Å². The fraction of sp³-hybridized carbons (Fsp3) is 0.538. The van der Waals surface area contributed by atoms with Crippen molar-refractivity contribution < 1.29 is 4.74 Å². The van der Waals surface area contributed by atoms with Crippen molar-refractivity contribution in [3.8, 4) is 11.9 Å². The lowest BCUT2D eigenvalue weighted by Crippen LogP contribution is -2.35. The van der Waals surface area contributed by atoms with Gasteiger partial charge in [0.05, 0.1) is 6.61 Å². The molecule has 5 heteroatoms. The van der Waals surface area contributed by atoms with Crippen molar-refractivity contribution in [3.63, 3.8) is 0 Å². The number of hydrogen-bond acceptors (Lipinski definition) is 4. The third-order valence-corrected chi connectivity index (χ3v) is 3.01. The van der Waals surface area contributed by atoms with Crippen molar-refractivity contribution in [1.29, 1.82) is 5.26 Å². The molecule has 1 aromatic rings. The first-order valence-electron chi connectivity index (χ1n) is 6.11. The van der Waals surface area contributed by atoms with Crippen LogP contribution in [0.4, 0.5) is 0 Å². The molecule has 0 saturated carbocycles. The van der Waals surface area contributed by atoms with Crippen molar-refractivity contribution in [2.75, 3.05) is 13.2 Å². The van der Waals surface area contributed by atoms with Crippen LogP contribution >= 0.6 is 12.4 Å². The number of nitrogens with zero attached hydrogens (tertiary/aromatic N) is 2. The highest BCUT2D eigenvalue weighted by Crippen LogP contribution is 2.14. The summed E-state index contributed by atoms with van der Waals surface area (Å²) in [5.41, 5.74) is 0.504. The average Bonchev–Trinajstić information content (AvgIpc) is 2.40. The molecule has 1 saturated heterocycles. The quantitative estimate of drug-likeness (QED) is 0.909. The molecular formula is C13H18ClN3O. The van der Waals surface area contributed by atoms with E-state index in [9.17, 15) is 0 Å². The number of nitrogens with one attached hydrogen (secondary N) is 1. The van der Waals surface area contributed by atoms with Crippen LogP contribution in [-0.2, 0) is 0 Å². The van der Waals surface area contributed by atoms with Gasteiger partial charge in [-0.25, -0.2) is 4.98 Å². The normalized spacial score (nSPS) is 18.5. The summed E-state index contributed by atoms with van der Waals surface area (Å²) in [5.74, 6) is 0.450. The van der Waals surface area contributed by atoms with E-state index in [1.54, 1.807) is 18.3 Å². The van der Waals surface area contributed by atoms with Gasteiger partial charge in [0.25, 0.3) is 0 Å². The highest BCUT2D eigenvalue weighted by atomic mass is 35.5. The summed E-state index contributed by atoms with van der Waals surface area (Å²) in [6, 6.07) is 6.10. The van der Waals surface area contributed by atoms with Gasteiger partial charge in [0.15, 0.2) is 0 Å². The fourth-order valence-corrected chi connectivity index (χ4v) is 2.06. The maximum Gasteiger partial charge on any atom is 0.231 e. The topological polar surface area (TPSA) is 57.9 Å². The predicted molar refractivity (Wildman–Crippen MR) is 72.0 cm³/mol. The molecule has 1 aliphatic rings. The van der Waals surface area contributed by atoms with Gasteiger partial charge in [0.2, 0.25) is 5.88 Å². The van der Waals surface area contributed by atoms with Gasteiger partial charge in [0.1, 0.15) is 11.6 Å². The Morgan fingerprint density at radius 3 is 3.11 bits per heavy atom. The summed E-state index contributed by atoms with van der Waals surface area (Å²) in [6.45, 7) is 1.72. The van der Waals surface area contributed by atoms with Crippen LogP contribution in [0.2, 0.25) is 0 Å². The van der Waals surface area contributed by atoms with Gasteiger partial charge in [-0.05, 0) is 37.9 Å². The van der Waals surface area contributed by atoms with Crippen molar-refractivity contribution in [3.05, 3.63) is 23.9 Å². The largest absolute Gasteiger partial charge is 0.477 e. The summed E-state index contributed by atoms with van der Waals surface area (Å²) < 4.78 is 5.56. The highest BCUT2D eigenvalue weighted by Gasteiger charge is 2.12. The Morgan fingerprint density at radius 1 is 1.50 bits per heavy atom. The van der Waals surface area contributed by atoms with E-state index in [2.05, 4.69) is 16.4 Å². The van der Waals surface area contributed by atoms with Crippen LogP contribution in [-0.4, -0.2) is 24.2 Å². The zero-order valence-electron chi connectivity index (χ0n) is 10.3. The first-order chi connectivity index (χ1) is 8.40. The highest BCUT2D eigenvalue weighted by molar-refractivity contribution is 5.85. The number of hydrogen-bond donors (Lipinski definition) is 1. The third kappa shape index (κ3) is 4.17. The molecule has 1 N–H and O–H groups in total. The van der Waals surface area contributed by atoms with Crippen molar-refractivity contribution in [1.82, 2.24) is 10.3 Å². The van der Waals surface area contributed by atoms with Gasteiger partial charge in [-0.3, -0.25) is 0 Å². The number of piperidine rings is 1. The second kappa shape index (κ2) is 7.91. The van der Waals surface area contributed by atoms with Crippen LogP contribution in [0.5, 0.6) is 5.88 Å². The first kappa shape index (κ1) is 14.7. The van der Waals surface area contributed by atoms with E-state index in [4.69, 9.17) is 10.00 Å².